The van der Waals surface area contributed by atoms with E-state index in [1.165, 1.54) is 6.20 Å². The van der Waals surface area contributed by atoms with Gasteiger partial charge in [-0.1, -0.05) is 65.8 Å². The molecule has 9 heteroatoms. The highest BCUT2D eigenvalue weighted by molar-refractivity contribution is 5.90. The third kappa shape index (κ3) is 6.72. The number of carbonyl (C=O) groups excluding carboxylic acids is 1. The summed E-state index contributed by atoms with van der Waals surface area (Å²) in [4.78, 5) is 28.5. The first kappa shape index (κ1) is 25.4. The number of pyridine rings is 1. The zero-order valence-electron chi connectivity index (χ0n) is 20.5. The first-order valence-electron chi connectivity index (χ1n) is 11.8. The molecule has 0 spiro atoms. The molecular weight excluding hydrogens is 474 g/mol. The number of carboxylic acids is 1. The molecule has 0 bridgehead atoms. The molecule has 2 heterocycles. The lowest BCUT2D eigenvalue weighted by Crippen LogP contribution is -2.24. The van der Waals surface area contributed by atoms with Gasteiger partial charge in [-0.2, -0.15) is 0 Å². The molecule has 4 aromatic rings. The van der Waals surface area contributed by atoms with Gasteiger partial charge in [0, 0.05) is 17.8 Å². The number of anilines is 1. The molecule has 2 unspecified atom stereocenters. The van der Waals surface area contributed by atoms with Crippen molar-refractivity contribution in [2.45, 2.75) is 26.4 Å². The molecule has 2 N–H and O–H groups in total. The minimum Gasteiger partial charge on any atom is -0.481 e. The predicted molar refractivity (Wildman–Crippen MR) is 136 cm³/mol. The summed E-state index contributed by atoms with van der Waals surface area (Å²) in [5.41, 5.74) is 3.19. The number of benzene rings is 2. The van der Waals surface area contributed by atoms with Crippen LogP contribution in [0.15, 0.2) is 83.5 Å². The number of carboxylic acid groups (broad SMARTS) is 1. The molecule has 37 heavy (non-hydrogen) atoms. The van der Waals surface area contributed by atoms with E-state index in [9.17, 15) is 14.7 Å². The Labute approximate surface area is 214 Å². The van der Waals surface area contributed by atoms with Gasteiger partial charge in [0.15, 0.2) is 5.76 Å². The summed E-state index contributed by atoms with van der Waals surface area (Å²) in [6, 6.07) is 22.1. The number of amides is 1. The van der Waals surface area contributed by atoms with Gasteiger partial charge in [-0.15, -0.1) is 0 Å². The van der Waals surface area contributed by atoms with Gasteiger partial charge in [-0.05, 0) is 37.5 Å². The Morgan fingerprint density at radius 1 is 1.03 bits per heavy atom. The quantitative estimate of drug-likeness (QED) is 0.285. The average molecular weight is 502 g/mol. The predicted octanol–water partition coefficient (Wildman–Crippen LogP) is 5.68. The van der Waals surface area contributed by atoms with Crippen molar-refractivity contribution in [3.8, 4) is 17.2 Å². The molecule has 1 amide bonds. The molecule has 0 aliphatic heterocycles. The summed E-state index contributed by atoms with van der Waals surface area (Å²) >= 11 is 0. The number of aromatic nitrogens is 2. The van der Waals surface area contributed by atoms with E-state index in [0.717, 1.165) is 11.1 Å². The number of aliphatic carboxylic acids is 1. The van der Waals surface area contributed by atoms with Crippen LogP contribution in [0, 0.1) is 12.8 Å². The van der Waals surface area contributed by atoms with Crippen LogP contribution in [0.5, 0.6) is 5.88 Å². The molecule has 0 aliphatic carbocycles. The van der Waals surface area contributed by atoms with Crippen LogP contribution in [0.4, 0.5) is 10.5 Å². The van der Waals surface area contributed by atoms with Crippen LogP contribution in [0.3, 0.4) is 0 Å². The summed E-state index contributed by atoms with van der Waals surface area (Å²) < 4.78 is 16.6. The molecule has 2 atom stereocenters. The SMILES string of the molecule is Cc1noc(-c2ccc(OCC(Cc3ccccc3)C(=O)O)nc2)c1NC(=O)OC(C)c1ccccc1. The maximum atomic E-state index is 12.5. The van der Waals surface area contributed by atoms with Crippen LogP contribution in [0.25, 0.3) is 11.3 Å². The van der Waals surface area contributed by atoms with E-state index < -0.39 is 24.1 Å². The number of ether oxygens (including phenoxy) is 2. The van der Waals surface area contributed by atoms with Gasteiger partial charge >= 0.3 is 12.1 Å². The molecule has 2 aromatic heterocycles. The van der Waals surface area contributed by atoms with E-state index in [1.54, 1.807) is 26.0 Å². The summed E-state index contributed by atoms with van der Waals surface area (Å²) in [7, 11) is 0. The van der Waals surface area contributed by atoms with Crippen molar-refractivity contribution in [1.29, 1.82) is 0 Å². The standard InChI is InChI=1S/C28H27N3O6/c1-18-25(30-28(34)36-19(2)21-11-7-4-8-12-21)26(37-31-18)22-13-14-24(29-16-22)35-17-23(27(32)33)15-20-9-5-3-6-10-20/h3-14,16,19,23H,15,17H2,1-2H3,(H,30,34)(H,32,33). The lowest BCUT2D eigenvalue weighted by molar-refractivity contribution is -0.142. The molecule has 0 fully saturated rings. The summed E-state index contributed by atoms with van der Waals surface area (Å²) in [6.45, 7) is 3.46. The Bertz CT molecular complexity index is 1320. The zero-order chi connectivity index (χ0) is 26.2. The van der Waals surface area contributed by atoms with E-state index in [2.05, 4.69) is 15.5 Å². The molecule has 190 valence electrons. The van der Waals surface area contributed by atoms with Gasteiger partial charge in [0.25, 0.3) is 0 Å². The lowest BCUT2D eigenvalue weighted by Gasteiger charge is -2.14. The van der Waals surface area contributed by atoms with Gasteiger partial charge in [0.05, 0.1) is 5.92 Å². The Kier molecular flexibility index (Phi) is 8.15. The third-order valence-corrected chi connectivity index (χ3v) is 5.75. The monoisotopic (exact) mass is 501 g/mol. The van der Waals surface area contributed by atoms with Crippen molar-refractivity contribution in [2.24, 2.45) is 5.92 Å². The number of carbonyl (C=O) groups is 2. The minimum atomic E-state index is -0.943. The molecule has 9 nitrogen and oxygen atoms in total. The zero-order valence-corrected chi connectivity index (χ0v) is 20.5. The normalized spacial score (nSPS) is 12.4. The Morgan fingerprint density at radius 2 is 1.73 bits per heavy atom. The number of hydrogen-bond acceptors (Lipinski definition) is 7. The van der Waals surface area contributed by atoms with Gasteiger partial charge in [-0.3, -0.25) is 10.1 Å². The Hall–Kier alpha value is -4.66. The number of hydrogen-bond donors (Lipinski definition) is 2. The average Bonchev–Trinajstić information content (AvgIpc) is 3.27. The fourth-order valence-corrected chi connectivity index (χ4v) is 3.70. The Balaban J connectivity index is 1.39. The van der Waals surface area contributed by atoms with Gasteiger partial charge in [-0.25, -0.2) is 9.78 Å². The number of nitrogens with zero attached hydrogens (tertiary/aromatic N) is 2. The summed E-state index contributed by atoms with van der Waals surface area (Å²) in [5, 5.41) is 16.2. The van der Waals surface area contributed by atoms with Crippen LogP contribution < -0.4 is 10.1 Å². The van der Waals surface area contributed by atoms with Crippen LogP contribution in [-0.4, -0.2) is 33.9 Å². The van der Waals surface area contributed by atoms with Crippen molar-refractivity contribution in [3.05, 3.63) is 95.8 Å². The van der Waals surface area contributed by atoms with Gasteiger partial charge in [0.1, 0.15) is 24.1 Å². The smallest absolute Gasteiger partial charge is 0.412 e. The largest absolute Gasteiger partial charge is 0.481 e. The van der Waals surface area contributed by atoms with Crippen molar-refractivity contribution in [2.75, 3.05) is 11.9 Å². The van der Waals surface area contributed by atoms with Crippen LogP contribution in [0.2, 0.25) is 0 Å². The van der Waals surface area contributed by atoms with Crippen molar-refractivity contribution in [3.63, 3.8) is 0 Å². The van der Waals surface area contributed by atoms with E-state index in [0.29, 0.717) is 29.1 Å². The topological polar surface area (TPSA) is 124 Å². The molecule has 0 saturated carbocycles. The molecule has 0 saturated heterocycles. The number of rotatable bonds is 10. The molecule has 0 radical (unpaired) electrons. The highest BCUT2D eigenvalue weighted by atomic mass is 16.6. The van der Waals surface area contributed by atoms with Crippen molar-refractivity contribution >= 4 is 17.7 Å². The van der Waals surface area contributed by atoms with E-state index in [4.69, 9.17) is 14.0 Å². The highest BCUT2D eigenvalue weighted by Gasteiger charge is 2.21. The van der Waals surface area contributed by atoms with E-state index in [1.807, 2.05) is 60.7 Å². The Morgan fingerprint density at radius 3 is 2.38 bits per heavy atom. The first-order valence-corrected chi connectivity index (χ1v) is 11.8. The number of nitrogens with one attached hydrogen (secondary N) is 1. The van der Waals surface area contributed by atoms with Gasteiger partial charge < -0.3 is 19.1 Å². The lowest BCUT2D eigenvalue weighted by atomic mass is 10.0. The molecular formula is C28H27N3O6. The van der Waals surface area contributed by atoms with Crippen LogP contribution in [0.1, 0.15) is 29.8 Å². The second-order valence-corrected chi connectivity index (χ2v) is 8.48. The van der Waals surface area contributed by atoms with E-state index >= 15 is 0 Å². The number of aryl methyl sites for hydroxylation is 1. The summed E-state index contributed by atoms with van der Waals surface area (Å²) in [5.74, 6) is -1.08. The fourth-order valence-electron chi connectivity index (χ4n) is 3.70. The fraction of sp³-hybridized carbons (Fsp3) is 0.214. The molecule has 4 rings (SSSR count). The van der Waals surface area contributed by atoms with E-state index in [-0.39, 0.29) is 12.5 Å². The maximum absolute atomic E-state index is 12.5. The van der Waals surface area contributed by atoms with Crippen molar-refractivity contribution in [1.82, 2.24) is 10.1 Å². The summed E-state index contributed by atoms with van der Waals surface area (Å²) in [6.07, 6.45) is 0.764. The molecule has 2 aromatic carbocycles. The second kappa shape index (κ2) is 11.9. The van der Waals surface area contributed by atoms with Crippen LogP contribution >= 0.6 is 0 Å². The van der Waals surface area contributed by atoms with Crippen molar-refractivity contribution < 1.29 is 28.7 Å². The second-order valence-electron chi connectivity index (χ2n) is 8.48. The van der Waals surface area contributed by atoms with Gasteiger partial charge in [0.2, 0.25) is 5.88 Å². The third-order valence-electron chi connectivity index (χ3n) is 5.75. The first-order chi connectivity index (χ1) is 17.9. The minimum absolute atomic E-state index is 0.0315. The maximum Gasteiger partial charge on any atom is 0.412 e. The highest BCUT2D eigenvalue weighted by Crippen LogP contribution is 2.31. The van der Waals surface area contributed by atoms with Crippen LogP contribution in [-0.2, 0) is 16.0 Å². The molecule has 0 aliphatic rings.